The quantitative estimate of drug-likeness (QED) is 0.0579. The van der Waals surface area contributed by atoms with E-state index in [4.69, 9.17) is 4.74 Å². The summed E-state index contributed by atoms with van der Waals surface area (Å²) in [5, 5.41) is 25.6. The van der Waals surface area contributed by atoms with E-state index in [1.165, 1.54) is 64.2 Å². The fourth-order valence-corrected chi connectivity index (χ4v) is 3.84. The Morgan fingerprint density at radius 1 is 0.824 bits per heavy atom. The molecule has 4 N–H and O–H groups in total. The molecule has 0 aliphatic heterocycles. The highest BCUT2D eigenvalue weighted by molar-refractivity contribution is 7.80. The molecule has 0 saturated carbocycles. The Morgan fingerprint density at radius 2 is 1.35 bits per heavy atom. The Morgan fingerprint density at radius 3 is 1.88 bits per heavy atom. The number of aliphatic hydroxyl groups excluding tert-OH is 2. The Balaban J connectivity index is 3.63. The van der Waals surface area contributed by atoms with Crippen LogP contribution in [0.25, 0.3) is 0 Å². The number of unbranched alkanes of at least 4 members (excludes halogenated alkanes) is 12. The summed E-state index contributed by atoms with van der Waals surface area (Å²) in [7, 11) is 0. The van der Waals surface area contributed by atoms with E-state index in [9.17, 15) is 19.8 Å². The molecule has 3 unspecified atom stereocenters. The van der Waals surface area contributed by atoms with Gasteiger partial charge in [0.2, 0.25) is 5.91 Å². The highest BCUT2D eigenvalue weighted by Crippen LogP contribution is 2.13. The van der Waals surface area contributed by atoms with E-state index in [0.717, 1.165) is 19.3 Å². The molecule has 0 aromatic heterocycles. The van der Waals surface area contributed by atoms with Gasteiger partial charge < -0.3 is 20.3 Å². The number of thiol groups is 1. The molecule has 3 atom stereocenters. The Labute approximate surface area is 213 Å². The summed E-state index contributed by atoms with van der Waals surface area (Å²) >= 11 is 4.02. The van der Waals surface area contributed by atoms with Crippen molar-refractivity contribution in [1.29, 1.82) is 0 Å². The molecule has 0 rings (SSSR count). The molecule has 8 heteroatoms. The Bertz CT molecular complexity index is 496. The van der Waals surface area contributed by atoms with Crippen LogP contribution in [-0.2, 0) is 14.3 Å². The van der Waals surface area contributed by atoms with Gasteiger partial charge in [0.05, 0.1) is 12.7 Å². The lowest BCUT2D eigenvalue weighted by Gasteiger charge is -2.24. The summed E-state index contributed by atoms with van der Waals surface area (Å²) in [4.78, 5) is 23.5. The maximum absolute atomic E-state index is 11.9. The number of hydrogen-bond acceptors (Lipinski definition) is 7. The molecule has 7 nitrogen and oxygen atoms in total. The van der Waals surface area contributed by atoms with Crippen molar-refractivity contribution >= 4 is 24.5 Å². The van der Waals surface area contributed by atoms with Crippen molar-refractivity contribution in [3.05, 3.63) is 0 Å². The van der Waals surface area contributed by atoms with Crippen molar-refractivity contribution in [1.82, 2.24) is 10.6 Å². The van der Waals surface area contributed by atoms with E-state index in [0.29, 0.717) is 18.7 Å². The molecule has 0 aliphatic rings. The van der Waals surface area contributed by atoms with Gasteiger partial charge in [0, 0.05) is 37.6 Å². The first kappa shape index (κ1) is 33.2. The highest BCUT2D eigenvalue weighted by atomic mass is 32.1. The van der Waals surface area contributed by atoms with E-state index in [1.807, 2.05) is 0 Å². The number of nitrogens with one attached hydrogen (secondary N) is 2. The number of esters is 1. The van der Waals surface area contributed by atoms with Crippen LogP contribution in [-0.4, -0.2) is 59.9 Å². The number of rotatable bonds is 24. The summed E-state index contributed by atoms with van der Waals surface area (Å²) in [6.07, 6.45) is 14.7. The molecular weight excluding hydrogens is 452 g/mol. The van der Waals surface area contributed by atoms with Gasteiger partial charge in [0.1, 0.15) is 6.23 Å². The number of aliphatic hydroxyl groups is 2. The summed E-state index contributed by atoms with van der Waals surface area (Å²) in [6.45, 7) is 4.76. The van der Waals surface area contributed by atoms with E-state index in [-0.39, 0.29) is 31.4 Å². The average Bonchev–Trinajstić information content (AvgIpc) is 2.83. The van der Waals surface area contributed by atoms with Crippen molar-refractivity contribution < 1.29 is 24.5 Å². The second-order valence-corrected chi connectivity index (χ2v) is 9.81. The summed E-state index contributed by atoms with van der Waals surface area (Å²) < 4.78 is 5.26. The second-order valence-electron chi connectivity index (χ2n) is 9.37. The van der Waals surface area contributed by atoms with Gasteiger partial charge in [-0.05, 0) is 6.42 Å². The van der Waals surface area contributed by atoms with Gasteiger partial charge in [-0.15, -0.1) is 0 Å². The number of hydrogen-bond donors (Lipinski definition) is 5. The molecule has 202 valence electrons. The third-order valence-corrected chi connectivity index (χ3v) is 6.26. The average molecular weight is 505 g/mol. The van der Waals surface area contributed by atoms with E-state index < -0.39 is 18.2 Å². The van der Waals surface area contributed by atoms with Crippen LogP contribution < -0.4 is 10.6 Å². The zero-order chi connectivity index (χ0) is 25.4. The van der Waals surface area contributed by atoms with E-state index >= 15 is 0 Å². The van der Waals surface area contributed by atoms with Gasteiger partial charge in [-0.25, -0.2) is 0 Å². The van der Waals surface area contributed by atoms with Crippen LogP contribution in [0.5, 0.6) is 0 Å². The van der Waals surface area contributed by atoms with E-state index in [1.54, 1.807) is 6.92 Å². The number of carbonyl (C=O) groups is 2. The predicted molar refractivity (Wildman–Crippen MR) is 142 cm³/mol. The minimum atomic E-state index is -1.19. The van der Waals surface area contributed by atoms with E-state index in [2.05, 4.69) is 30.2 Å². The monoisotopic (exact) mass is 504 g/mol. The third kappa shape index (κ3) is 20.5. The molecule has 0 radical (unpaired) electrons. The second kappa shape index (κ2) is 23.9. The molecule has 0 aliphatic carbocycles. The van der Waals surface area contributed by atoms with Gasteiger partial charge in [0.15, 0.2) is 0 Å². The largest absolute Gasteiger partial charge is 0.465 e. The first-order chi connectivity index (χ1) is 16.4. The molecule has 34 heavy (non-hydrogen) atoms. The SMILES string of the molecule is CCCCCCCCCCCCCCCC(=O)OCC(C)C(O)C(O)NCCC(=O)NCCS. The van der Waals surface area contributed by atoms with Gasteiger partial charge >= 0.3 is 5.97 Å². The molecule has 0 heterocycles. The van der Waals surface area contributed by atoms with Crippen LogP contribution >= 0.6 is 12.6 Å². The summed E-state index contributed by atoms with van der Waals surface area (Å²) in [5.41, 5.74) is 0. The van der Waals surface area contributed by atoms with Crippen molar-refractivity contribution in [2.75, 3.05) is 25.4 Å². The molecule has 0 aromatic rings. The molecule has 1 amide bonds. The fourth-order valence-electron chi connectivity index (χ4n) is 3.73. The number of carbonyl (C=O) groups excluding carboxylic acids is 2. The van der Waals surface area contributed by atoms with Crippen molar-refractivity contribution in [2.24, 2.45) is 5.92 Å². The van der Waals surface area contributed by atoms with Crippen molar-refractivity contribution in [3.63, 3.8) is 0 Å². The smallest absolute Gasteiger partial charge is 0.305 e. The lowest BCUT2D eigenvalue weighted by molar-refractivity contribution is -0.147. The topological polar surface area (TPSA) is 108 Å². The van der Waals surface area contributed by atoms with Gasteiger partial charge in [-0.2, -0.15) is 12.6 Å². The number of ether oxygens (including phenoxy) is 1. The lowest BCUT2D eigenvalue weighted by atomic mass is 10.0. The standard InChI is InChI=1S/C26H52N2O5S/c1-3-4-5-6-7-8-9-10-11-12-13-14-15-16-24(30)33-21-22(2)25(31)26(32)28-18-17-23(29)27-19-20-34/h22,25-26,28,31-32,34H,3-21H2,1-2H3,(H,27,29). The van der Waals surface area contributed by atoms with Gasteiger partial charge in [0.25, 0.3) is 0 Å². The van der Waals surface area contributed by atoms with Gasteiger partial charge in [-0.1, -0.05) is 90.9 Å². The summed E-state index contributed by atoms with van der Waals surface area (Å²) in [5.74, 6) is -0.254. The Hall–Kier alpha value is -0.830. The zero-order valence-corrected chi connectivity index (χ0v) is 22.6. The minimum Gasteiger partial charge on any atom is -0.465 e. The third-order valence-electron chi connectivity index (χ3n) is 6.04. The maximum atomic E-state index is 11.9. The molecule has 0 spiro atoms. The fraction of sp³-hybridized carbons (Fsp3) is 0.923. The minimum absolute atomic E-state index is 0.0552. The first-order valence-corrected chi connectivity index (χ1v) is 14.2. The first-order valence-electron chi connectivity index (χ1n) is 13.5. The lowest BCUT2D eigenvalue weighted by Crippen LogP contribution is -2.45. The molecule has 0 saturated heterocycles. The van der Waals surface area contributed by atoms with Crippen LogP contribution in [0.2, 0.25) is 0 Å². The van der Waals surface area contributed by atoms with Gasteiger partial charge in [-0.3, -0.25) is 14.9 Å². The van der Waals surface area contributed by atoms with Crippen molar-refractivity contribution in [2.45, 2.75) is 122 Å². The van der Waals surface area contributed by atoms with Crippen LogP contribution in [0, 0.1) is 5.92 Å². The van der Waals surface area contributed by atoms with Crippen LogP contribution in [0.4, 0.5) is 0 Å². The van der Waals surface area contributed by atoms with Crippen LogP contribution in [0.15, 0.2) is 0 Å². The molecule has 0 bridgehead atoms. The predicted octanol–water partition coefficient (Wildman–Crippen LogP) is 4.35. The highest BCUT2D eigenvalue weighted by Gasteiger charge is 2.23. The normalized spacial score (nSPS) is 13.9. The molecule has 0 aromatic carbocycles. The number of amides is 1. The van der Waals surface area contributed by atoms with Crippen LogP contribution in [0.3, 0.4) is 0 Å². The summed E-state index contributed by atoms with van der Waals surface area (Å²) in [6, 6.07) is 0. The van der Waals surface area contributed by atoms with Crippen molar-refractivity contribution in [3.8, 4) is 0 Å². The molecular formula is C26H52N2O5S. The maximum Gasteiger partial charge on any atom is 0.305 e. The Kier molecular flexibility index (Phi) is 23.3. The zero-order valence-electron chi connectivity index (χ0n) is 21.7. The molecule has 0 fully saturated rings. The van der Waals surface area contributed by atoms with Crippen LogP contribution in [0.1, 0.15) is 110 Å².